The van der Waals surface area contributed by atoms with Crippen molar-refractivity contribution in [1.29, 1.82) is 16.2 Å². The third-order valence-corrected chi connectivity index (χ3v) is 8.31. The molecule has 5 aromatic rings. The van der Waals surface area contributed by atoms with Crippen LogP contribution in [0.15, 0.2) is 128 Å². The second-order valence-electron chi connectivity index (χ2n) is 16.0. The van der Waals surface area contributed by atoms with E-state index in [2.05, 4.69) is 58.1 Å². The Labute approximate surface area is 425 Å². The third-order valence-electron chi connectivity index (χ3n) is 8.31. The Hall–Kier alpha value is -5.04. The Kier molecular flexibility index (Phi) is 24.3. The summed E-state index contributed by atoms with van der Waals surface area (Å²) in [6.07, 6.45) is 8.05. The van der Waals surface area contributed by atoms with E-state index in [0.717, 1.165) is 17.3 Å². The van der Waals surface area contributed by atoms with Crippen LogP contribution in [-0.4, -0.2) is 53.3 Å². The summed E-state index contributed by atoms with van der Waals surface area (Å²) in [4.78, 5) is 35.3. The molecule has 0 atom stereocenters. The summed E-state index contributed by atoms with van der Waals surface area (Å²) in [5.74, 6) is 0.228. The van der Waals surface area contributed by atoms with E-state index in [1.807, 2.05) is 45.9 Å². The van der Waals surface area contributed by atoms with Crippen molar-refractivity contribution in [3.63, 3.8) is 0 Å². The largest absolute Gasteiger partial charge is 2.00 e. The fourth-order valence-electron chi connectivity index (χ4n) is 5.87. The monoisotopic (exact) mass is 1310 g/mol. The van der Waals surface area contributed by atoms with Crippen molar-refractivity contribution in [2.45, 2.75) is 78.0 Å². The van der Waals surface area contributed by atoms with Crippen molar-refractivity contribution >= 4 is 42.2 Å². The average Bonchev–Trinajstić information content (AvgIpc) is 3.24. The second kappa shape index (κ2) is 27.3. The zero-order chi connectivity index (χ0) is 45.9. The van der Waals surface area contributed by atoms with Gasteiger partial charge in [0.25, 0.3) is 0 Å². The van der Waals surface area contributed by atoms with Gasteiger partial charge in [-0.3, -0.25) is 0 Å². The molecule has 13 heteroatoms. The molecule has 0 aliphatic rings. The standard InChI is InChI=1S/C18H19N2O2.C17H22NO3.C16H13NO2.2U/c1-18(2,3)20-15-8-6-14(7-9-15)17(21)22-16-10-4-13(12-19)5-11-16;1-6-15(19)21-17(4,5)12-16(2,3)20-14-9-7-13(11-18)8-10-14;1-2-12-8-9-15(14(10-12)11-17)19-16(18)13-6-4-3-5-7-13;;/h4-11,19-20H,1-3H3;6-10,18H,1,12H2,2-5H3;4-11,17H,1-2H2;;/q2*-1;-2;2*+2. The van der Waals surface area contributed by atoms with Crippen molar-refractivity contribution in [2.75, 3.05) is 5.32 Å². The van der Waals surface area contributed by atoms with Crippen molar-refractivity contribution < 1.29 is 95.6 Å². The number of carbonyl (C=O) groups excluding carboxylic acids is 3. The van der Waals surface area contributed by atoms with Gasteiger partial charge in [-0.2, -0.15) is 72.1 Å². The van der Waals surface area contributed by atoms with Gasteiger partial charge in [0.1, 0.15) is 22.7 Å². The molecule has 0 aromatic heterocycles. The van der Waals surface area contributed by atoms with E-state index >= 15 is 0 Å². The van der Waals surface area contributed by atoms with Crippen molar-refractivity contribution in [3.8, 4) is 17.2 Å². The van der Waals surface area contributed by atoms with Gasteiger partial charge in [-0.15, -0.1) is 0 Å². The molecular weight excluding hydrogens is 1260 g/mol. The number of hydrogen-bond acceptors (Lipinski definition) is 11. The number of anilines is 1. The Bertz CT molecular complexity index is 2290. The number of rotatable bonds is 15. The van der Waals surface area contributed by atoms with Crippen LogP contribution in [0.3, 0.4) is 0 Å². The van der Waals surface area contributed by atoms with Gasteiger partial charge < -0.3 is 47.4 Å². The third kappa shape index (κ3) is 20.6. The Morgan fingerprint density at radius 3 is 1.72 bits per heavy atom. The fourth-order valence-corrected chi connectivity index (χ4v) is 5.87. The molecule has 328 valence electrons. The van der Waals surface area contributed by atoms with E-state index < -0.39 is 29.1 Å². The normalized spacial score (nSPS) is 10.5. The van der Waals surface area contributed by atoms with E-state index in [4.69, 9.17) is 35.2 Å². The molecule has 64 heavy (non-hydrogen) atoms. The number of hydrogen-bond donors (Lipinski definition) is 4. The van der Waals surface area contributed by atoms with E-state index in [1.54, 1.807) is 97.1 Å². The van der Waals surface area contributed by atoms with E-state index in [0.29, 0.717) is 57.9 Å². The minimum absolute atomic E-state index is 0. The molecule has 0 bridgehead atoms. The molecule has 0 aliphatic carbocycles. The minimum atomic E-state index is -0.655. The van der Waals surface area contributed by atoms with Gasteiger partial charge in [-0.1, -0.05) is 54.9 Å². The van der Waals surface area contributed by atoms with Gasteiger partial charge in [0, 0.05) is 35.5 Å². The summed E-state index contributed by atoms with van der Waals surface area (Å²) < 4.78 is 21.9. The van der Waals surface area contributed by atoms with Gasteiger partial charge in [0.2, 0.25) is 0 Å². The fraction of sp³-hybridized carbons (Fsp3) is 0.235. The molecule has 0 fully saturated rings. The Morgan fingerprint density at radius 1 is 0.719 bits per heavy atom. The predicted molar refractivity (Wildman–Crippen MR) is 245 cm³/mol. The maximum Gasteiger partial charge on any atom is 2.00 e. The summed E-state index contributed by atoms with van der Waals surface area (Å²) >= 11 is 0. The Morgan fingerprint density at radius 2 is 1.23 bits per heavy atom. The van der Waals surface area contributed by atoms with Crippen molar-refractivity contribution in [3.05, 3.63) is 174 Å². The van der Waals surface area contributed by atoms with E-state index in [9.17, 15) is 14.4 Å². The summed E-state index contributed by atoms with van der Waals surface area (Å²) in [5.41, 5.74) is 3.59. The van der Waals surface area contributed by atoms with E-state index in [-0.39, 0.29) is 67.8 Å². The molecule has 0 heterocycles. The maximum absolute atomic E-state index is 12.1. The van der Waals surface area contributed by atoms with Crippen LogP contribution in [0.4, 0.5) is 5.69 Å². The second-order valence-corrected chi connectivity index (χ2v) is 16.0. The Balaban J connectivity index is 0.000000474. The van der Waals surface area contributed by atoms with Crippen LogP contribution < -0.4 is 19.5 Å². The van der Waals surface area contributed by atoms with Gasteiger partial charge in [-0.25, -0.2) is 14.4 Å². The first kappa shape index (κ1) is 57.0. The number of ether oxygens (including phenoxy) is 4. The summed E-state index contributed by atoms with van der Waals surface area (Å²) in [5, 5.41) is 24.8. The van der Waals surface area contributed by atoms with Crippen LogP contribution in [0, 0.1) is 91.4 Å². The van der Waals surface area contributed by atoms with Crippen LogP contribution in [0.2, 0.25) is 0 Å². The minimum Gasteiger partial charge on any atom is -0.490 e. The molecule has 0 saturated carbocycles. The molecule has 0 saturated heterocycles. The molecule has 5 rings (SSSR count). The van der Waals surface area contributed by atoms with Crippen LogP contribution in [0.1, 0.15) is 97.9 Å². The number of benzene rings is 5. The smallest absolute Gasteiger partial charge is 0.490 e. The number of carbonyl (C=O) groups is 3. The molecular formula is C51H54N4O7U2. The molecule has 4 N–H and O–H groups in total. The van der Waals surface area contributed by atoms with Crippen LogP contribution >= 0.6 is 0 Å². The SMILES string of the molecule is C=CC(=O)OC(C)(C)CC(C)(C)Oc1ccc([C-]=N)cc1.CC(C)(C)Nc1ccc(C(=O)Oc2ccc([C-]=N)cc2)cc1.[CH2-]Cc1ccc(OC(=O)c2cc[c-]cc2)c(C=N)c1.[U+2].[U+2]. The summed E-state index contributed by atoms with van der Waals surface area (Å²) in [6, 6.07) is 35.7. The predicted octanol–water partition coefficient (Wildman–Crippen LogP) is 10.7. The number of esters is 3. The zero-order valence-corrected chi connectivity index (χ0v) is 45.6. The van der Waals surface area contributed by atoms with Gasteiger partial charge in [-0.05, 0) is 90.4 Å². The van der Waals surface area contributed by atoms with Crippen molar-refractivity contribution in [2.24, 2.45) is 0 Å². The molecule has 5 aromatic carbocycles. The first-order valence-corrected chi connectivity index (χ1v) is 19.6. The zero-order valence-electron chi connectivity index (χ0n) is 37.3. The molecule has 0 unspecified atom stereocenters. The summed E-state index contributed by atoms with van der Waals surface area (Å²) in [6.45, 7) is 21.0. The van der Waals surface area contributed by atoms with Crippen LogP contribution in [0.5, 0.6) is 17.2 Å². The van der Waals surface area contributed by atoms with Gasteiger partial charge >= 0.3 is 80.1 Å². The quantitative estimate of drug-likeness (QED) is 0.0264. The molecule has 0 aliphatic heterocycles. The van der Waals surface area contributed by atoms with Gasteiger partial charge in [0.15, 0.2) is 0 Å². The molecule has 0 radical (unpaired) electrons. The summed E-state index contributed by atoms with van der Waals surface area (Å²) in [7, 11) is 0. The molecule has 0 spiro atoms. The topological polar surface area (TPSA) is 172 Å². The average molecular weight is 1310 g/mol. The number of nitrogens with one attached hydrogen (secondary N) is 4. The van der Waals surface area contributed by atoms with Gasteiger partial charge in [0.05, 0.1) is 11.3 Å². The first-order valence-electron chi connectivity index (χ1n) is 19.6. The molecule has 0 amide bonds. The van der Waals surface area contributed by atoms with E-state index in [1.165, 1.54) is 6.21 Å². The van der Waals surface area contributed by atoms with Crippen molar-refractivity contribution in [1.82, 2.24) is 0 Å². The maximum atomic E-state index is 12.1. The van der Waals surface area contributed by atoms with Crippen LogP contribution in [0.25, 0.3) is 0 Å². The van der Waals surface area contributed by atoms with Crippen LogP contribution in [-0.2, 0) is 16.0 Å². The molecule has 11 nitrogen and oxygen atoms in total. The first-order chi connectivity index (χ1) is 29.3.